The lowest BCUT2D eigenvalue weighted by molar-refractivity contribution is 0.611. The number of rotatable bonds is 0. The number of nitrogens with zero attached hydrogens (tertiary/aromatic N) is 1. The third-order valence-electron chi connectivity index (χ3n) is 4.69. The summed E-state index contributed by atoms with van der Waals surface area (Å²) in [7, 11) is 0. The first kappa shape index (κ1) is 19.6. The maximum atomic E-state index is 6.23. The number of halogens is 3. The Kier molecular flexibility index (Phi) is 7.05. The van der Waals surface area contributed by atoms with Crippen LogP contribution in [0.4, 0.5) is 0 Å². The van der Waals surface area contributed by atoms with Gasteiger partial charge >= 0.3 is 0 Å². The summed E-state index contributed by atoms with van der Waals surface area (Å²) in [5.74, 6) is 0. The zero-order valence-corrected chi connectivity index (χ0v) is 17.5. The van der Waals surface area contributed by atoms with E-state index in [0.717, 1.165) is 43.8 Å². The first-order valence-electron chi connectivity index (χ1n) is 7.99. The molecule has 1 aromatic carbocycles. The zero-order valence-electron chi connectivity index (χ0n) is 13.3. The first-order chi connectivity index (χ1) is 10.8. The van der Waals surface area contributed by atoms with E-state index in [-0.39, 0.29) is 34.0 Å². The van der Waals surface area contributed by atoms with Gasteiger partial charge in [0.25, 0.3) is 0 Å². The SMILES string of the molecule is Br.Br.Clc1ccc2c(c1)CCc1cccnc1C2=C1CCNCC1. The van der Waals surface area contributed by atoms with Gasteiger partial charge in [-0.15, -0.1) is 34.0 Å². The third kappa shape index (κ3) is 3.77. The van der Waals surface area contributed by atoms with Crippen LogP contribution in [0.5, 0.6) is 0 Å². The molecule has 0 radical (unpaired) electrons. The van der Waals surface area contributed by atoms with Crippen LogP contribution in [0.3, 0.4) is 0 Å². The summed E-state index contributed by atoms with van der Waals surface area (Å²) in [5, 5.41) is 4.28. The minimum atomic E-state index is 0. The number of benzene rings is 1. The third-order valence-corrected chi connectivity index (χ3v) is 4.92. The number of pyridine rings is 1. The van der Waals surface area contributed by atoms with Crippen LogP contribution in [-0.4, -0.2) is 18.1 Å². The van der Waals surface area contributed by atoms with Crippen molar-refractivity contribution in [3.8, 4) is 0 Å². The van der Waals surface area contributed by atoms with Crippen molar-refractivity contribution in [2.24, 2.45) is 0 Å². The van der Waals surface area contributed by atoms with E-state index in [1.165, 1.54) is 33.5 Å². The molecule has 0 amide bonds. The van der Waals surface area contributed by atoms with Gasteiger partial charge in [-0.25, -0.2) is 0 Å². The number of piperidine rings is 1. The molecule has 1 aliphatic heterocycles. The molecule has 0 saturated carbocycles. The highest BCUT2D eigenvalue weighted by Gasteiger charge is 2.23. The normalized spacial score (nSPS) is 16.2. The fourth-order valence-electron chi connectivity index (χ4n) is 3.61. The monoisotopic (exact) mass is 470 g/mol. The summed E-state index contributed by atoms with van der Waals surface area (Å²) in [5.41, 5.74) is 8.12. The lowest BCUT2D eigenvalue weighted by Crippen LogP contribution is -2.24. The fourth-order valence-corrected chi connectivity index (χ4v) is 3.81. The van der Waals surface area contributed by atoms with Gasteiger partial charge < -0.3 is 5.32 Å². The van der Waals surface area contributed by atoms with E-state index in [1.807, 2.05) is 18.3 Å². The summed E-state index contributed by atoms with van der Waals surface area (Å²) < 4.78 is 0. The van der Waals surface area contributed by atoms with Gasteiger partial charge in [-0.3, -0.25) is 4.98 Å². The van der Waals surface area contributed by atoms with Gasteiger partial charge in [-0.1, -0.05) is 29.3 Å². The molecule has 0 atom stereocenters. The number of aromatic nitrogens is 1. The zero-order chi connectivity index (χ0) is 14.9. The van der Waals surface area contributed by atoms with Gasteiger partial charge in [0, 0.05) is 16.8 Å². The molecule has 1 saturated heterocycles. The second-order valence-electron chi connectivity index (χ2n) is 6.04. The summed E-state index contributed by atoms with van der Waals surface area (Å²) in [6, 6.07) is 10.6. The molecule has 0 bridgehead atoms. The van der Waals surface area contributed by atoms with Gasteiger partial charge in [0.2, 0.25) is 0 Å². The van der Waals surface area contributed by atoms with E-state index < -0.39 is 0 Å². The highest BCUT2D eigenvalue weighted by Crippen LogP contribution is 2.37. The molecule has 1 aliphatic carbocycles. The van der Waals surface area contributed by atoms with Crippen LogP contribution in [0.1, 0.15) is 35.2 Å². The Morgan fingerprint density at radius 1 is 0.917 bits per heavy atom. The average Bonchev–Trinajstić information content (AvgIpc) is 2.72. The number of aryl methyl sites for hydroxylation is 2. The van der Waals surface area contributed by atoms with Crippen molar-refractivity contribution in [3.63, 3.8) is 0 Å². The largest absolute Gasteiger partial charge is 0.316 e. The Labute approximate surface area is 169 Å². The molecule has 128 valence electrons. The molecule has 4 rings (SSSR count). The molecule has 0 spiro atoms. The molecule has 24 heavy (non-hydrogen) atoms. The van der Waals surface area contributed by atoms with Crippen LogP contribution in [-0.2, 0) is 12.8 Å². The van der Waals surface area contributed by atoms with Gasteiger partial charge in [-0.05, 0) is 73.7 Å². The lowest BCUT2D eigenvalue weighted by Gasteiger charge is -2.21. The Hall–Kier alpha value is -0.680. The van der Waals surface area contributed by atoms with Crippen LogP contribution >= 0.6 is 45.6 Å². The van der Waals surface area contributed by atoms with Crippen molar-refractivity contribution in [1.82, 2.24) is 10.3 Å². The van der Waals surface area contributed by atoms with Crippen LogP contribution < -0.4 is 5.32 Å². The molecule has 1 N–H and O–H groups in total. The summed E-state index contributed by atoms with van der Waals surface area (Å²) in [6.07, 6.45) is 6.19. The molecular formula is C19H21Br2ClN2. The summed E-state index contributed by atoms with van der Waals surface area (Å²) in [6.45, 7) is 2.12. The van der Waals surface area contributed by atoms with Gasteiger partial charge in [-0.2, -0.15) is 0 Å². The van der Waals surface area contributed by atoms with Crippen molar-refractivity contribution in [2.75, 3.05) is 13.1 Å². The molecule has 1 aromatic heterocycles. The molecular weight excluding hydrogens is 451 g/mol. The summed E-state index contributed by atoms with van der Waals surface area (Å²) >= 11 is 6.23. The second-order valence-corrected chi connectivity index (χ2v) is 6.48. The van der Waals surface area contributed by atoms with E-state index >= 15 is 0 Å². The predicted molar refractivity (Wildman–Crippen MR) is 112 cm³/mol. The maximum Gasteiger partial charge on any atom is 0.0739 e. The van der Waals surface area contributed by atoms with E-state index in [2.05, 4.69) is 23.5 Å². The van der Waals surface area contributed by atoms with Crippen molar-refractivity contribution in [2.45, 2.75) is 25.7 Å². The van der Waals surface area contributed by atoms with Crippen molar-refractivity contribution >= 4 is 51.1 Å². The second kappa shape index (κ2) is 8.61. The van der Waals surface area contributed by atoms with E-state index in [0.29, 0.717) is 0 Å². The minimum absolute atomic E-state index is 0. The topological polar surface area (TPSA) is 24.9 Å². The Bertz CT molecular complexity index is 751. The molecule has 2 nitrogen and oxygen atoms in total. The molecule has 0 unspecified atom stereocenters. The highest BCUT2D eigenvalue weighted by molar-refractivity contribution is 8.93. The van der Waals surface area contributed by atoms with Crippen LogP contribution in [0.25, 0.3) is 5.57 Å². The number of fused-ring (bicyclic) bond motifs is 2. The minimum Gasteiger partial charge on any atom is -0.316 e. The van der Waals surface area contributed by atoms with Gasteiger partial charge in [0.05, 0.1) is 5.69 Å². The van der Waals surface area contributed by atoms with Crippen LogP contribution in [0, 0.1) is 0 Å². The summed E-state index contributed by atoms with van der Waals surface area (Å²) in [4.78, 5) is 4.75. The van der Waals surface area contributed by atoms with Crippen LogP contribution in [0.2, 0.25) is 5.02 Å². The number of nitrogens with one attached hydrogen (secondary N) is 1. The van der Waals surface area contributed by atoms with Crippen LogP contribution in [0.15, 0.2) is 42.1 Å². The fraction of sp³-hybridized carbons (Fsp3) is 0.316. The molecule has 2 aromatic rings. The highest BCUT2D eigenvalue weighted by atomic mass is 79.9. The van der Waals surface area contributed by atoms with Crippen molar-refractivity contribution in [1.29, 1.82) is 0 Å². The number of hydrogen-bond acceptors (Lipinski definition) is 2. The van der Waals surface area contributed by atoms with E-state index in [9.17, 15) is 0 Å². The van der Waals surface area contributed by atoms with E-state index in [4.69, 9.17) is 16.6 Å². The molecule has 5 heteroatoms. The number of hydrogen-bond donors (Lipinski definition) is 1. The standard InChI is InChI=1S/C19H19ClN2.2BrH/c20-16-5-6-17-15(12-16)4-3-14-2-1-9-22-19(14)18(17)13-7-10-21-11-8-13;;/h1-2,5-6,9,12,21H,3-4,7-8,10-11H2;2*1H. The molecule has 1 fully saturated rings. The molecule has 2 heterocycles. The maximum absolute atomic E-state index is 6.23. The predicted octanol–water partition coefficient (Wildman–Crippen LogP) is 5.17. The quantitative estimate of drug-likeness (QED) is 0.572. The average molecular weight is 473 g/mol. The smallest absolute Gasteiger partial charge is 0.0739 e. The van der Waals surface area contributed by atoms with Gasteiger partial charge in [0.15, 0.2) is 0 Å². The Morgan fingerprint density at radius 3 is 2.46 bits per heavy atom. The lowest BCUT2D eigenvalue weighted by atomic mass is 9.89. The Balaban J connectivity index is 0.00000104. The Morgan fingerprint density at radius 2 is 1.67 bits per heavy atom. The van der Waals surface area contributed by atoms with Crippen molar-refractivity contribution < 1.29 is 0 Å². The van der Waals surface area contributed by atoms with E-state index in [1.54, 1.807) is 0 Å². The molecule has 2 aliphatic rings. The van der Waals surface area contributed by atoms with Gasteiger partial charge in [0.1, 0.15) is 0 Å². The first-order valence-corrected chi connectivity index (χ1v) is 8.36. The van der Waals surface area contributed by atoms with Crippen molar-refractivity contribution in [3.05, 3.63) is 69.5 Å².